The number of hydrogen-bond acceptors (Lipinski definition) is 9. The summed E-state index contributed by atoms with van der Waals surface area (Å²) in [5.41, 5.74) is 4.39. The fourth-order valence-corrected chi connectivity index (χ4v) is 18.0. The molecule has 0 saturated carbocycles. The van der Waals surface area contributed by atoms with Gasteiger partial charge in [-0.15, -0.1) is 0 Å². The van der Waals surface area contributed by atoms with Gasteiger partial charge in [0.2, 0.25) is 17.7 Å². The molecular formula is C91H122F9N9O3. The molecule has 0 radical (unpaired) electrons. The highest BCUT2D eigenvalue weighted by molar-refractivity contribution is 5.85. The predicted octanol–water partition coefficient (Wildman–Crippen LogP) is 18.7. The number of carbonyl (C=O) groups is 3. The molecule has 0 bridgehead atoms. The van der Waals surface area contributed by atoms with Gasteiger partial charge >= 0.3 is 18.5 Å². The molecule has 6 aliphatic rings. The molecule has 3 unspecified atom stereocenters. The van der Waals surface area contributed by atoms with Gasteiger partial charge in [0.1, 0.15) is 18.1 Å². The molecule has 112 heavy (non-hydrogen) atoms. The predicted molar refractivity (Wildman–Crippen MR) is 429 cm³/mol. The highest BCUT2D eigenvalue weighted by atomic mass is 19.4. The lowest BCUT2D eigenvalue weighted by Gasteiger charge is -2.43. The number of aryl methyl sites for hydroxylation is 4. The summed E-state index contributed by atoms with van der Waals surface area (Å²) in [6.07, 6.45) is 6.85. The SMILES string of the molecule is CCN(CCc1cc(C)cc(C(F)(F)F)c1)C(=O)C(c1ccccc1)N1CCC(N2CCCCC2)CC1.Cc1cc(CCN(C(=O)C(c2ccccc2)N2CCC(N3CCCCC3)CC2)C(C)C)cc(C(F)(F)F)c1.Cc1ccc(CCCN(C)C(=O)C(c2ccccc2)N2CCC(N3CCCCC3)CC2)cc1C(F)(F)F. The number of halogens is 9. The van der Waals surface area contributed by atoms with E-state index < -0.39 is 35.2 Å². The molecule has 0 spiro atoms. The molecule has 3 amide bonds. The Morgan fingerprint density at radius 1 is 0.402 bits per heavy atom. The smallest absolute Gasteiger partial charge is 0.344 e. The lowest BCUT2D eigenvalue weighted by Crippen LogP contribution is -2.51. The minimum Gasteiger partial charge on any atom is -0.344 e. The number of rotatable bonds is 24. The molecule has 21 heteroatoms. The van der Waals surface area contributed by atoms with Crippen molar-refractivity contribution in [1.29, 1.82) is 0 Å². The Morgan fingerprint density at radius 3 is 1.12 bits per heavy atom. The lowest BCUT2D eigenvalue weighted by molar-refractivity contribution is -0.140. The molecule has 0 aliphatic carbocycles. The van der Waals surface area contributed by atoms with Gasteiger partial charge < -0.3 is 29.4 Å². The molecule has 6 aromatic rings. The number of benzene rings is 6. The largest absolute Gasteiger partial charge is 0.416 e. The van der Waals surface area contributed by atoms with Crippen LogP contribution in [0.4, 0.5) is 39.5 Å². The summed E-state index contributed by atoms with van der Waals surface area (Å²) in [4.78, 5) is 62.2. The van der Waals surface area contributed by atoms with Crippen LogP contribution in [0, 0.1) is 20.8 Å². The van der Waals surface area contributed by atoms with Crippen molar-refractivity contribution in [3.05, 3.63) is 212 Å². The van der Waals surface area contributed by atoms with Gasteiger partial charge in [-0.2, -0.15) is 39.5 Å². The van der Waals surface area contributed by atoms with E-state index in [-0.39, 0.29) is 47.5 Å². The van der Waals surface area contributed by atoms with Crippen LogP contribution in [-0.2, 0) is 52.2 Å². The van der Waals surface area contributed by atoms with E-state index in [1.54, 1.807) is 36.9 Å². The second-order valence-corrected chi connectivity index (χ2v) is 32.5. The third-order valence-electron chi connectivity index (χ3n) is 24.1. The molecule has 6 fully saturated rings. The van der Waals surface area contributed by atoms with Gasteiger partial charge in [-0.3, -0.25) is 29.1 Å². The first-order valence-corrected chi connectivity index (χ1v) is 41.6. The van der Waals surface area contributed by atoms with Crippen LogP contribution in [0.5, 0.6) is 0 Å². The zero-order chi connectivity index (χ0) is 80.1. The third-order valence-corrected chi connectivity index (χ3v) is 24.1. The molecule has 0 N–H and O–H groups in total. The van der Waals surface area contributed by atoms with Crippen molar-refractivity contribution in [3.8, 4) is 0 Å². The Balaban J connectivity index is 0.000000178. The summed E-state index contributed by atoms with van der Waals surface area (Å²) in [7, 11) is 1.81. The average Bonchev–Trinajstić information content (AvgIpc) is 0.808. The molecule has 6 heterocycles. The second-order valence-electron chi connectivity index (χ2n) is 32.5. The van der Waals surface area contributed by atoms with E-state index in [1.165, 1.54) is 140 Å². The summed E-state index contributed by atoms with van der Waals surface area (Å²) in [6.45, 7) is 24.9. The fourth-order valence-electron chi connectivity index (χ4n) is 18.0. The maximum atomic E-state index is 14.2. The van der Waals surface area contributed by atoms with Crippen molar-refractivity contribution >= 4 is 17.7 Å². The number of hydrogen-bond donors (Lipinski definition) is 0. The number of piperidine rings is 6. The Morgan fingerprint density at radius 2 is 0.768 bits per heavy atom. The molecule has 12 rings (SSSR count). The quantitative estimate of drug-likeness (QED) is 0.0551. The molecule has 612 valence electrons. The minimum atomic E-state index is -4.38. The zero-order valence-corrected chi connectivity index (χ0v) is 67.3. The topological polar surface area (TPSA) is 80.4 Å². The first-order chi connectivity index (χ1) is 53.6. The summed E-state index contributed by atoms with van der Waals surface area (Å²) < 4.78 is 120. The average molecular weight is 1560 g/mol. The standard InChI is InChI=1S/C31H42F3N3O.2C30H40F3N3O/c1-23(2)37(19-12-25-20-24(3)21-27(22-25)31(32,33)34)30(38)29(26-10-6-4-7-11-26)36-17-13-28(14-18-36)35-15-8-5-9-16-35;1-23-13-14-24(22-27(23)30(31,32)33)10-9-17-34(2)29(37)28(25-11-5-3-6-12-25)36-20-15-26(16-21-36)35-18-7-4-8-19-35;1-3-34(17-12-24-20-23(2)21-26(22-24)30(31,32)33)29(37)28(25-10-6-4-7-11-25)36-18-13-27(14-19-36)35-15-8-5-9-16-35/h4,6-7,10-11,20-23,28-29H,5,8-9,12-19H2,1-3H3;3,5-6,11-14,22,26,28H,4,7-10,15-21H2,1-2H3;4,6-7,10-11,20-22,27-28H,3,5,8-9,12-19H2,1-2H3. The van der Waals surface area contributed by atoms with Crippen molar-refractivity contribution in [1.82, 2.24) is 44.1 Å². The van der Waals surface area contributed by atoms with E-state index in [2.05, 4.69) is 29.4 Å². The summed E-state index contributed by atoms with van der Waals surface area (Å²) >= 11 is 0. The van der Waals surface area contributed by atoms with Crippen LogP contribution in [0.2, 0.25) is 0 Å². The molecule has 12 nitrogen and oxygen atoms in total. The van der Waals surface area contributed by atoms with Crippen molar-refractivity contribution in [3.63, 3.8) is 0 Å². The van der Waals surface area contributed by atoms with E-state index in [0.717, 1.165) is 94.5 Å². The molecule has 0 aromatic heterocycles. The van der Waals surface area contributed by atoms with Gasteiger partial charge in [0.25, 0.3) is 0 Å². The Hall–Kier alpha value is -7.14. The van der Waals surface area contributed by atoms with Crippen LogP contribution in [0.1, 0.15) is 208 Å². The fraction of sp³-hybridized carbons (Fsp3) is 0.571. The number of alkyl halides is 9. The maximum absolute atomic E-state index is 14.2. The van der Waals surface area contributed by atoms with Crippen LogP contribution >= 0.6 is 0 Å². The summed E-state index contributed by atoms with van der Waals surface area (Å²) in [6, 6.07) is 43.4. The summed E-state index contributed by atoms with van der Waals surface area (Å²) in [5.74, 6) is 0.127. The van der Waals surface area contributed by atoms with Crippen LogP contribution in [-0.4, -0.2) is 198 Å². The van der Waals surface area contributed by atoms with E-state index in [4.69, 9.17) is 0 Å². The minimum absolute atomic E-state index is 0.0336. The summed E-state index contributed by atoms with van der Waals surface area (Å²) in [5, 5.41) is 0. The van der Waals surface area contributed by atoms with Gasteiger partial charge in [-0.05, 0) is 253 Å². The first-order valence-electron chi connectivity index (χ1n) is 41.6. The van der Waals surface area contributed by atoms with Crippen LogP contribution in [0.3, 0.4) is 0 Å². The van der Waals surface area contributed by atoms with Gasteiger partial charge in [-0.1, -0.05) is 146 Å². The van der Waals surface area contributed by atoms with E-state index >= 15 is 0 Å². The number of likely N-dealkylation sites (N-methyl/N-ethyl adjacent to an activating group) is 2. The first kappa shape index (κ1) is 87.2. The highest BCUT2D eigenvalue weighted by Gasteiger charge is 2.41. The number of nitrogens with zero attached hydrogens (tertiary/aromatic N) is 9. The lowest BCUT2D eigenvalue weighted by atomic mass is 9.95. The number of likely N-dealkylation sites (tertiary alicyclic amines) is 6. The van der Waals surface area contributed by atoms with Crippen molar-refractivity contribution in [2.75, 3.05) is 112 Å². The van der Waals surface area contributed by atoms with Crippen molar-refractivity contribution in [2.45, 2.75) is 224 Å². The molecule has 6 aromatic carbocycles. The number of carbonyl (C=O) groups excluding carboxylic acids is 3. The van der Waals surface area contributed by atoms with Gasteiger partial charge in [0.15, 0.2) is 0 Å². The van der Waals surface area contributed by atoms with Crippen LogP contribution < -0.4 is 0 Å². The monoisotopic (exact) mass is 1560 g/mol. The Labute approximate surface area is 661 Å². The zero-order valence-electron chi connectivity index (χ0n) is 67.3. The van der Waals surface area contributed by atoms with E-state index in [1.807, 2.05) is 129 Å². The molecule has 6 saturated heterocycles. The van der Waals surface area contributed by atoms with E-state index in [9.17, 15) is 53.9 Å². The van der Waals surface area contributed by atoms with Gasteiger partial charge in [0.05, 0.1) is 16.7 Å². The Kier molecular flexibility index (Phi) is 32.3. The van der Waals surface area contributed by atoms with Crippen LogP contribution in [0.25, 0.3) is 0 Å². The van der Waals surface area contributed by atoms with Gasteiger partial charge in [-0.25, -0.2) is 0 Å². The third kappa shape index (κ3) is 24.7. The highest BCUT2D eigenvalue weighted by Crippen LogP contribution is 2.38. The Bertz CT molecular complexity index is 3860. The molecular weight excluding hydrogens is 1440 g/mol. The maximum Gasteiger partial charge on any atom is 0.416 e. The van der Waals surface area contributed by atoms with Crippen molar-refractivity contribution < 1.29 is 53.9 Å². The van der Waals surface area contributed by atoms with Crippen molar-refractivity contribution in [2.24, 2.45) is 0 Å². The van der Waals surface area contributed by atoms with E-state index in [0.29, 0.717) is 97.8 Å². The normalized spacial score (nSPS) is 19.0. The molecule has 3 atom stereocenters. The van der Waals surface area contributed by atoms with Crippen LogP contribution in [0.15, 0.2) is 146 Å². The van der Waals surface area contributed by atoms with Gasteiger partial charge in [0, 0.05) is 96.7 Å². The number of amides is 3. The molecule has 6 aliphatic heterocycles. The second kappa shape index (κ2) is 41.4.